The van der Waals surface area contributed by atoms with Crippen LogP contribution in [0.5, 0.6) is 0 Å². The third-order valence-electron chi connectivity index (χ3n) is 6.76. The van der Waals surface area contributed by atoms with Gasteiger partial charge in [0.25, 0.3) is 5.91 Å². The maximum absolute atomic E-state index is 13.6. The number of hydrazone groups is 1. The van der Waals surface area contributed by atoms with E-state index in [2.05, 4.69) is 70.0 Å². The summed E-state index contributed by atoms with van der Waals surface area (Å²) in [5.74, 6) is -0.0837. The van der Waals surface area contributed by atoms with E-state index in [0.717, 1.165) is 36.1 Å². The molecule has 5 heteroatoms. The lowest BCUT2D eigenvalue weighted by molar-refractivity contribution is 0.0521. The molecule has 3 aromatic rings. The minimum atomic E-state index is -0.308. The topological polar surface area (TPSA) is 50.5 Å². The van der Waals surface area contributed by atoms with Crippen LogP contribution < -0.4 is 0 Å². The molecule has 0 bridgehead atoms. The van der Waals surface area contributed by atoms with E-state index in [1.165, 1.54) is 11.1 Å². The predicted octanol–water partition coefficient (Wildman–Crippen LogP) is 5.92. The first-order chi connectivity index (χ1) is 15.4. The Hall–Kier alpha value is -3.21. The molecule has 0 radical (unpaired) electrons. The van der Waals surface area contributed by atoms with Crippen molar-refractivity contribution >= 4 is 11.6 Å². The Kier molecular flexibility index (Phi) is 6.00. The summed E-state index contributed by atoms with van der Waals surface area (Å²) in [6.45, 7) is 10.6. The Morgan fingerprint density at radius 2 is 1.72 bits per heavy atom. The fourth-order valence-electron chi connectivity index (χ4n) is 4.68. The fourth-order valence-corrected chi connectivity index (χ4v) is 4.68. The molecule has 1 aliphatic rings. The molecule has 32 heavy (non-hydrogen) atoms. The van der Waals surface area contributed by atoms with Crippen LogP contribution in [-0.2, 0) is 0 Å². The van der Waals surface area contributed by atoms with E-state index in [-0.39, 0.29) is 17.5 Å². The minimum absolute atomic E-state index is 0.0489. The lowest BCUT2D eigenvalue weighted by atomic mass is 9.85. The van der Waals surface area contributed by atoms with Crippen molar-refractivity contribution in [1.29, 1.82) is 0 Å². The molecule has 0 saturated heterocycles. The lowest BCUT2D eigenvalue weighted by Crippen LogP contribution is -2.45. The molecule has 1 aliphatic heterocycles. The summed E-state index contributed by atoms with van der Waals surface area (Å²) in [6.07, 6.45) is 5.98. The number of amides is 1. The molecule has 2 aromatic carbocycles. The summed E-state index contributed by atoms with van der Waals surface area (Å²) in [5.41, 5.74) is 5.93. The zero-order valence-electron chi connectivity index (χ0n) is 19.7. The van der Waals surface area contributed by atoms with Crippen LogP contribution in [0.2, 0.25) is 0 Å². The second kappa shape index (κ2) is 8.73. The van der Waals surface area contributed by atoms with Gasteiger partial charge >= 0.3 is 0 Å². The van der Waals surface area contributed by atoms with Gasteiger partial charge in [0.05, 0.1) is 29.1 Å². The van der Waals surface area contributed by atoms with E-state index >= 15 is 0 Å². The number of aromatic nitrogens is 2. The highest BCUT2D eigenvalue weighted by molar-refractivity contribution is 6.05. The number of carbonyl (C=O) groups excluding carboxylic acids is 1. The van der Waals surface area contributed by atoms with Gasteiger partial charge in [0.15, 0.2) is 0 Å². The number of benzene rings is 2. The summed E-state index contributed by atoms with van der Waals surface area (Å²) in [6, 6.07) is 16.7. The maximum Gasteiger partial charge on any atom is 0.277 e. The van der Waals surface area contributed by atoms with Crippen molar-refractivity contribution < 1.29 is 4.79 Å². The molecule has 0 N–H and O–H groups in total. The van der Waals surface area contributed by atoms with Crippen molar-refractivity contribution in [2.45, 2.75) is 65.5 Å². The Balaban J connectivity index is 1.66. The lowest BCUT2D eigenvalue weighted by Gasteiger charge is -2.34. The third kappa shape index (κ3) is 3.99. The molecule has 0 saturated carbocycles. The summed E-state index contributed by atoms with van der Waals surface area (Å²) < 4.78 is 1.85. The Morgan fingerprint density at radius 3 is 2.34 bits per heavy atom. The molecule has 5 nitrogen and oxygen atoms in total. The highest BCUT2D eigenvalue weighted by Crippen LogP contribution is 2.37. The molecule has 0 aliphatic carbocycles. The van der Waals surface area contributed by atoms with E-state index in [4.69, 9.17) is 5.10 Å². The first kappa shape index (κ1) is 22.0. The SMILES string of the molecule is CCC1(CC)CC(c2cc(C)cc(C)c2)=NN1C(=O)c1cnn(C(C)c2ccccc2)c1. The average molecular weight is 429 g/mol. The van der Waals surface area contributed by atoms with Crippen molar-refractivity contribution in [3.63, 3.8) is 0 Å². The van der Waals surface area contributed by atoms with Crippen molar-refractivity contribution in [3.05, 3.63) is 88.7 Å². The van der Waals surface area contributed by atoms with Crippen LogP contribution >= 0.6 is 0 Å². The highest BCUT2D eigenvalue weighted by atomic mass is 16.2. The first-order valence-corrected chi connectivity index (χ1v) is 11.5. The van der Waals surface area contributed by atoms with Crippen molar-refractivity contribution in [3.8, 4) is 0 Å². The maximum atomic E-state index is 13.6. The second-order valence-electron chi connectivity index (χ2n) is 8.94. The first-order valence-electron chi connectivity index (χ1n) is 11.5. The monoisotopic (exact) mass is 428 g/mol. The predicted molar refractivity (Wildman–Crippen MR) is 129 cm³/mol. The van der Waals surface area contributed by atoms with E-state index in [9.17, 15) is 4.79 Å². The molecule has 1 atom stereocenters. The van der Waals surface area contributed by atoms with Crippen LogP contribution in [0.25, 0.3) is 0 Å². The van der Waals surface area contributed by atoms with Gasteiger partial charge < -0.3 is 0 Å². The van der Waals surface area contributed by atoms with Crippen molar-refractivity contribution in [2.24, 2.45) is 5.10 Å². The van der Waals surface area contributed by atoms with Gasteiger partial charge in [-0.15, -0.1) is 0 Å². The highest BCUT2D eigenvalue weighted by Gasteiger charge is 2.44. The second-order valence-corrected chi connectivity index (χ2v) is 8.94. The molecule has 1 aromatic heterocycles. The van der Waals surface area contributed by atoms with Crippen LogP contribution in [-0.4, -0.2) is 31.9 Å². The van der Waals surface area contributed by atoms with Crippen molar-refractivity contribution in [1.82, 2.24) is 14.8 Å². The molecule has 1 unspecified atom stereocenters. The molecule has 4 rings (SSSR count). The quantitative estimate of drug-likeness (QED) is 0.489. The summed E-state index contributed by atoms with van der Waals surface area (Å²) >= 11 is 0. The number of hydrogen-bond donors (Lipinski definition) is 0. The Bertz CT molecular complexity index is 1120. The standard InChI is InChI=1S/C27H32N4O/c1-6-27(7-2)16-25(23-14-19(3)13-20(4)15-23)29-31(27)26(32)24-17-28-30(18-24)21(5)22-11-9-8-10-12-22/h8-15,17-18,21H,6-7,16H2,1-5H3. The van der Waals surface area contributed by atoms with Gasteiger partial charge in [-0.2, -0.15) is 10.2 Å². The van der Waals surface area contributed by atoms with Crippen LogP contribution in [0.1, 0.15) is 78.7 Å². The van der Waals surface area contributed by atoms with Crippen LogP contribution in [0, 0.1) is 13.8 Å². The number of rotatable bonds is 6. The molecular weight excluding hydrogens is 396 g/mol. The molecule has 0 spiro atoms. The number of aryl methyl sites for hydroxylation is 2. The summed E-state index contributed by atoms with van der Waals surface area (Å²) in [5, 5.41) is 11.1. The van der Waals surface area contributed by atoms with Gasteiger partial charge in [0.1, 0.15) is 0 Å². The Morgan fingerprint density at radius 1 is 1.06 bits per heavy atom. The third-order valence-corrected chi connectivity index (χ3v) is 6.76. The van der Waals surface area contributed by atoms with E-state index in [1.807, 2.05) is 29.1 Å². The van der Waals surface area contributed by atoms with E-state index in [0.29, 0.717) is 5.56 Å². The summed E-state index contributed by atoms with van der Waals surface area (Å²) in [7, 11) is 0. The van der Waals surface area contributed by atoms with E-state index in [1.54, 1.807) is 11.2 Å². The smallest absolute Gasteiger partial charge is 0.267 e. The fraction of sp³-hybridized carbons (Fsp3) is 0.370. The Labute approximate surface area is 190 Å². The van der Waals surface area contributed by atoms with Gasteiger partial charge in [-0.05, 0) is 44.7 Å². The van der Waals surface area contributed by atoms with Gasteiger partial charge in [0.2, 0.25) is 0 Å². The van der Waals surface area contributed by atoms with Crippen LogP contribution in [0.4, 0.5) is 0 Å². The van der Waals surface area contributed by atoms with Gasteiger partial charge in [-0.25, -0.2) is 5.01 Å². The normalized spacial score (nSPS) is 16.2. The molecular formula is C27H32N4O. The van der Waals surface area contributed by atoms with Crippen molar-refractivity contribution in [2.75, 3.05) is 0 Å². The zero-order chi connectivity index (χ0) is 22.9. The van der Waals surface area contributed by atoms with Crippen LogP contribution in [0.3, 0.4) is 0 Å². The largest absolute Gasteiger partial charge is 0.277 e. The number of carbonyl (C=O) groups is 1. The van der Waals surface area contributed by atoms with Gasteiger partial charge in [0, 0.05) is 12.6 Å². The van der Waals surface area contributed by atoms with E-state index < -0.39 is 0 Å². The molecule has 166 valence electrons. The number of hydrogen-bond acceptors (Lipinski definition) is 3. The zero-order valence-corrected chi connectivity index (χ0v) is 19.7. The number of nitrogens with zero attached hydrogens (tertiary/aromatic N) is 4. The summed E-state index contributed by atoms with van der Waals surface area (Å²) in [4.78, 5) is 13.6. The molecule has 1 amide bonds. The van der Waals surface area contributed by atoms with Gasteiger partial charge in [-0.1, -0.05) is 73.5 Å². The molecule has 2 heterocycles. The van der Waals surface area contributed by atoms with Crippen LogP contribution in [0.15, 0.2) is 66.0 Å². The minimum Gasteiger partial charge on any atom is -0.267 e. The molecule has 0 fully saturated rings. The average Bonchev–Trinajstić information content (AvgIpc) is 3.44. The van der Waals surface area contributed by atoms with Gasteiger partial charge in [-0.3, -0.25) is 9.48 Å².